The molecule has 2 nitrogen and oxygen atoms in total. The van der Waals surface area contributed by atoms with Crippen molar-refractivity contribution in [2.24, 2.45) is 0 Å². The summed E-state index contributed by atoms with van der Waals surface area (Å²) in [6.45, 7) is 0. The first-order valence-corrected chi connectivity index (χ1v) is 5.48. The third-order valence-corrected chi connectivity index (χ3v) is 3.38. The van der Waals surface area contributed by atoms with Crippen molar-refractivity contribution in [3.05, 3.63) is 29.3 Å². The highest BCUT2D eigenvalue weighted by molar-refractivity contribution is 14.2. The van der Waals surface area contributed by atoms with Crippen molar-refractivity contribution in [3.63, 3.8) is 0 Å². The molecule has 0 spiro atoms. The molecule has 0 radical (unpaired) electrons. The molecule has 1 aromatic carbocycles. The average molecular weight is 256 g/mol. The summed E-state index contributed by atoms with van der Waals surface area (Å²) in [5, 5.41) is 8.59. The first-order valence-electron chi connectivity index (χ1n) is 3.16. The Hall–Kier alpha value is -0.890. The predicted octanol–water partition coefficient (Wildman–Crippen LogP) is 2.02. The number of fused-ring (bicyclic) bond motifs is 1. The zero-order valence-corrected chi connectivity index (χ0v) is 7.79. The molecule has 11 heavy (non-hydrogen) atoms. The van der Waals surface area contributed by atoms with E-state index in [-0.39, 0.29) is 21.0 Å². The van der Waals surface area contributed by atoms with E-state index in [1.165, 1.54) is 11.3 Å². The van der Waals surface area contributed by atoms with Gasteiger partial charge in [0.15, 0.2) is 0 Å². The van der Waals surface area contributed by atoms with Crippen LogP contribution >= 0.6 is 21.0 Å². The fourth-order valence-corrected chi connectivity index (χ4v) is 2.79. The van der Waals surface area contributed by atoms with Crippen LogP contribution in [0.3, 0.4) is 0 Å². The summed E-state index contributed by atoms with van der Waals surface area (Å²) in [5.41, 5.74) is 3.11. The van der Waals surface area contributed by atoms with Crippen molar-refractivity contribution >= 4 is 30.7 Å². The molecule has 0 aromatic heterocycles. The van der Waals surface area contributed by atoms with E-state index in [1.807, 2.05) is 18.2 Å². The lowest BCUT2D eigenvalue weighted by molar-refractivity contribution is 1.48. The number of hydrogen-bond donors (Lipinski definition) is 1. The van der Waals surface area contributed by atoms with E-state index in [1.54, 1.807) is 0 Å². The van der Waals surface area contributed by atoms with Crippen molar-refractivity contribution in [1.82, 2.24) is 0 Å². The van der Waals surface area contributed by atoms with Gasteiger partial charge < -0.3 is 3.53 Å². The molecule has 0 atom stereocenters. The second-order valence-corrected chi connectivity index (χ2v) is 4.01. The van der Waals surface area contributed by atoms with E-state index >= 15 is 0 Å². The third kappa shape index (κ3) is 1.14. The first kappa shape index (κ1) is 6.80. The summed E-state index contributed by atoms with van der Waals surface area (Å²) < 4.78 is 5.49. The molecular formula is C8H5IN2. The third-order valence-electron chi connectivity index (χ3n) is 1.51. The van der Waals surface area contributed by atoms with Gasteiger partial charge in [0.05, 0.1) is 17.3 Å². The zero-order chi connectivity index (χ0) is 7.68. The molecule has 2 rings (SSSR count). The van der Waals surface area contributed by atoms with E-state index in [0.29, 0.717) is 0 Å². The van der Waals surface area contributed by atoms with Crippen LogP contribution in [0.1, 0.15) is 11.1 Å². The Kier molecular flexibility index (Phi) is 1.62. The van der Waals surface area contributed by atoms with Gasteiger partial charge in [0.25, 0.3) is 0 Å². The Morgan fingerprint density at radius 3 is 3.18 bits per heavy atom. The van der Waals surface area contributed by atoms with Crippen molar-refractivity contribution in [3.8, 4) is 6.07 Å². The highest BCUT2D eigenvalue weighted by Gasteiger charge is 2.04. The standard InChI is InChI=1S/C8H5IN2/c10-5-6-1-2-8-7(3-6)4-9-11-8/h1-4,11H. The number of nitrogens with one attached hydrogen (secondary N) is 1. The Morgan fingerprint density at radius 2 is 2.36 bits per heavy atom. The summed E-state index contributed by atoms with van der Waals surface area (Å²) in [5.74, 6) is 0. The molecule has 0 aliphatic carbocycles. The molecule has 54 valence electrons. The van der Waals surface area contributed by atoms with Crippen molar-refractivity contribution < 1.29 is 0 Å². The second-order valence-electron chi connectivity index (χ2n) is 2.23. The van der Waals surface area contributed by atoms with Crippen molar-refractivity contribution in [2.75, 3.05) is 3.53 Å². The molecule has 0 amide bonds. The maximum Gasteiger partial charge on any atom is 0.0991 e. The SMILES string of the molecule is N#Cc1ccc2c(c1)C=IN2. The van der Waals surface area contributed by atoms with Gasteiger partial charge in [0.2, 0.25) is 0 Å². The number of benzene rings is 1. The van der Waals surface area contributed by atoms with Crippen LogP contribution in [0, 0.1) is 11.3 Å². The van der Waals surface area contributed by atoms with Gasteiger partial charge in [-0.2, -0.15) is 5.26 Å². The minimum atomic E-state index is 0.0100. The van der Waals surface area contributed by atoms with E-state index < -0.39 is 0 Å². The van der Waals surface area contributed by atoms with Gasteiger partial charge in [-0.15, -0.1) is 0 Å². The van der Waals surface area contributed by atoms with Crippen LogP contribution in [0.2, 0.25) is 0 Å². The molecule has 1 aliphatic rings. The molecule has 0 fully saturated rings. The molecule has 1 N–H and O–H groups in total. The van der Waals surface area contributed by atoms with Crippen LogP contribution < -0.4 is 3.53 Å². The van der Waals surface area contributed by atoms with Crippen LogP contribution in [0.25, 0.3) is 0 Å². The van der Waals surface area contributed by atoms with E-state index in [9.17, 15) is 0 Å². The summed E-state index contributed by atoms with van der Waals surface area (Å²) >= 11 is 0.0100. The normalized spacial score (nSPS) is 12.6. The number of hydrogen-bond acceptors (Lipinski definition) is 2. The van der Waals surface area contributed by atoms with Crippen LogP contribution in [0.4, 0.5) is 5.69 Å². The van der Waals surface area contributed by atoms with Crippen LogP contribution in [-0.2, 0) is 0 Å². The quantitative estimate of drug-likeness (QED) is 0.569. The molecule has 1 heterocycles. The highest BCUT2D eigenvalue weighted by atomic mass is 127. The van der Waals surface area contributed by atoms with Crippen LogP contribution in [-0.4, -0.2) is 4.01 Å². The van der Waals surface area contributed by atoms with Crippen molar-refractivity contribution in [1.29, 1.82) is 5.26 Å². The fourth-order valence-electron chi connectivity index (χ4n) is 0.953. The zero-order valence-electron chi connectivity index (χ0n) is 5.63. The minimum absolute atomic E-state index is 0.0100. The van der Waals surface area contributed by atoms with E-state index in [4.69, 9.17) is 5.26 Å². The lowest BCUT2D eigenvalue weighted by Gasteiger charge is -1.96. The minimum Gasteiger partial charge on any atom is -0.333 e. The second kappa shape index (κ2) is 2.62. The topological polar surface area (TPSA) is 35.8 Å². The van der Waals surface area contributed by atoms with E-state index in [2.05, 4.69) is 13.6 Å². The Morgan fingerprint density at radius 1 is 1.45 bits per heavy atom. The Labute approximate surface area is 74.9 Å². The first-order chi connectivity index (χ1) is 5.40. The number of nitrogens with zero attached hydrogens (tertiary/aromatic N) is 1. The largest absolute Gasteiger partial charge is 0.333 e. The fraction of sp³-hybridized carbons (Fsp3) is 0. The summed E-state index contributed by atoms with van der Waals surface area (Å²) in [7, 11) is 0. The Bertz CT molecular complexity index is 363. The monoisotopic (exact) mass is 256 g/mol. The van der Waals surface area contributed by atoms with Crippen LogP contribution in [0.5, 0.6) is 0 Å². The number of halogens is 1. The lowest BCUT2D eigenvalue weighted by Crippen LogP contribution is -1.83. The summed E-state index contributed by atoms with van der Waals surface area (Å²) in [6.07, 6.45) is 0. The van der Waals surface area contributed by atoms with Gasteiger partial charge in [0.1, 0.15) is 0 Å². The maximum absolute atomic E-state index is 8.59. The smallest absolute Gasteiger partial charge is 0.0991 e. The molecule has 0 saturated carbocycles. The number of rotatable bonds is 0. The highest BCUT2D eigenvalue weighted by Crippen LogP contribution is 2.24. The van der Waals surface area contributed by atoms with Gasteiger partial charge in [0, 0.05) is 5.56 Å². The van der Waals surface area contributed by atoms with Gasteiger partial charge in [-0.1, -0.05) is 0 Å². The predicted molar refractivity (Wildman–Crippen MR) is 54.0 cm³/mol. The summed E-state index contributed by atoms with van der Waals surface area (Å²) in [4.78, 5) is 0. The average Bonchev–Trinajstić information content (AvgIpc) is 2.50. The van der Waals surface area contributed by atoms with Gasteiger partial charge >= 0.3 is 0 Å². The summed E-state index contributed by atoms with van der Waals surface area (Å²) in [6, 6.07) is 7.86. The molecule has 3 heteroatoms. The molecule has 1 aromatic rings. The molecule has 1 aliphatic heterocycles. The van der Waals surface area contributed by atoms with Crippen LogP contribution in [0.15, 0.2) is 18.2 Å². The molecule has 0 unspecified atom stereocenters. The maximum atomic E-state index is 8.59. The van der Waals surface area contributed by atoms with Gasteiger partial charge in [-0.25, -0.2) is 0 Å². The number of anilines is 1. The number of nitriles is 1. The van der Waals surface area contributed by atoms with Gasteiger partial charge in [-0.05, 0) is 43.2 Å². The lowest BCUT2D eigenvalue weighted by atomic mass is 10.1. The van der Waals surface area contributed by atoms with Gasteiger partial charge in [-0.3, -0.25) is 0 Å². The molecular weight excluding hydrogens is 251 g/mol. The molecule has 0 saturated heterocycles. The van der Waals surface area contributed by atoms with Crippen molar-refractivity contribution in [2.45, 2.75) is 0 Å². The Balaban J connectivity index is 2.58. The molecule has 0 bridgehead atoms. The van der Waals surface area contributed by atoms with E-state index in [0.717, 1.165) is 5.56 Å².